The zero-order chi connectivity index (χ0) is 14.8. The Morgan fingerprint density at radius 3 is 2.71 bits per heavy atom. The van der Waals surface area contributed by atoms with Gasteiger partial charge < -0.3 is 14.8 Å². The number of methoxy groups -OCH3 is 2. The van der Waals surface area contributed by atoms with Crippen LogP contribution in [0, 0.1) is 17.8 Å². The second-order valence-corrected chi connectivity index (χ2v) is 6.25. The molecule has 0 spiro atoms. The number of amides is 1. The normalized spacial score (nSPS) is 26.7. The average Bonchev–Trinajstić information content (AvgIpc) is 3.09. The SMILES string of the molecule is COc1ccc(OC)c(NC(=O)C[C@H]2C[C@@H]3CC[C@@H]2C3)c1. The second kappa shape index (κ2) is 5.96. The van der Waals surface area contributed by atoms with Gasteiger partial charge >= 0.3 is 0 Å². The number of rotatable bonds is 5. The molecular formula is C17H23NO3. The molecule has 2 fully saturated rings. The van der Waals surface area contributed by atoms with Crippen molar-refractivity contribution in [3.63, 3.8) is 0 Å². The zero-order valence-corrected chi connectivity index (χ0v) is 12.7. The minimum absolute atomic E-state index is 0.0825. The van der Waals surface area contributed by atoms with Crippen molar-refractivity contribution in [1.82, 2.24) is 0 Å². The number of carbonyl (C=O) groups excluding carboxylic acids is 1. The highest BCUT2D eigenvalue weighted by atomic mass is 16.5. The van der Waals surface area contributed by atoms with Gasteiger partial charge in [0, 0.05) is 12.5 Å². The van der Waals surface area contributed by atoms with Crippen LogP contribution in [0.4, 0.5) is 5.69 Å². The van der Waals surface area contributed by atoms with Gasteiger partial charge in [0.05, 0.1) is 19.9 Å². The maximum Gasteiger partial charge on any atom is 0.224 e. The van der Waals surface area contributed by atoms with E-state index in [1.165, 1.54) is 25.7 Å². The van der Waals surface area contributed by atoms with E-state index in [-0.39, 0.29) is 5.91 Å². The minimum atomic E-state index is 0.0825. The first-order chi connectivity index (χ1) is 10.2. The molecule has 2 aliphatic carbocycles. The molecule has 1 N–H and O–H groups in total. The maximum atomic E-state index is 12.3. The van der Waals surface area contributed by atoms with Crippen LogP contribution < -0.4 is 14.8 Å². The summed E-state index contributed by atoms with van der Waals surface area (Å²) in [4.78, 5) is 12.3. The van der Waals surface area contributed by atoms with Crippen LogP contribution in [-0.2, 0) is 4.79 Å². The first-order valence-corrected chi connectivity index (χ1v) is 7.71. The predicted molar refractivity (Wildman–Crippen MR) is 81.7 cm³/mol. The number of fused-ring (bicyclic) bond motifs is 2. The number of hydrogen-bond acceptors (Lipinski definition) is 3. The van der Waals surface area contributed by atoms with Crippen molar-refractivity contribution in [2.24, 2.45) is 17.8 Å². The standard InChI is InChI=1S/C17H23NO3/c1-20-14-5-6-16(21-2)15(10-14)18-17(19)9-13-8-11-3-4-12(13)7-11/h5-6,10-13H,3-4,7-9H2,1-2H3,(H,18,19)/t11-,12-,13-/m1/s1. The largest absolute Gasteiger partial charge is 0.497 e. The van der Waals surface area contributed by atoms with Gasteiger partial charge in [-0.25, -0.2) is 0 Å². The molecule has 0 saturated heterocycles. The Balaban J connectivity index is 1.64. The van der Waals surface area contributed by atoms with Crippen molar-refractivity contribution in [2.45, 2.75) is 32.1 Å². The van der Waals surface area contributed by atoms with Crippen molar-refractivity contribution in [1.29, 1.82) is 0 Å². The first-order valence-electron chi connectivity index (χ1n) is 7.71. The van der Waals surface area contributed by atoms with Crippen molar-refractivity contribution in [2.75, 3.05) is 19.5 Å². The van der Waals surface area contributed by atoms with Crippen molar-refractivity contribution in [3.05, 3.63) is 18.2 Å². The fourth-order valence-electron chi connectivity index (χ4n) is 3.98. The lowest BCUT2D eigenvalue weighted by Gasteiger charge is -2.21. The van der Waals surface area contributed by atoms with Gasteiger partial charge in [0.2, 0.25) is 5.91 Å². The summed E-state index contributed by atoms with van der Waals surface area (Å²) in [7, 11) is 3.22. The van der Waals surface area contributed by atoms with Gasteiger partial charge in [-0.1, -0.05) is 6.42 Å². The smallest absolute Gasteiger partial charge is 0.224 e. The summed E-state index contributed by atoms with van der Waals surface area (Å²) in [5, 5.41) is 2.98. The lowest BCUT2D eigenvalue weighted by molar-refractivity contribution is -0.117. The summed E-state index contributed by atoms with van der Waals surface area (Å²) < 4.78 is 10.5. The molecule has 4 heteroatoms. The van der Waals surface area contributed by atoms with E-state index in [0.717, 1.165) is 11.8 Å². The zero-order valence-electron chi connectivity index (χ0n) is 12.7. The molecule has 2 aliphatic rings. The molecule has 114 valence electrons. The van der Waals surface area contributed by atoms with Crippen molar-refractivity contribution >= 4 is 11.6 Å². The maximum absolute atomic E-state index is 12.3. The second-order valence-electron chi connectivity index (χ2n) is 6.25. The number of carbonyl (C=O) groups is 1. The quantitative estimate of drug-likeness (QED) is 0.903. The fourth-order valence-corrected chi connectivity index (χ4v) is 3.98. The van der Waals surface area contributed by atoms with Crippen LogP contribution in [0.15, 0.2) is 18.2 Å². The molecule has 3 rings (SSSR count). The molecule has 0 heterocycles. The summed E-state index contributed by atoms with van der Waals surface area (Å²) in [6, 6.07) is 5.44. The van der Waals surface area contributed by atoms with E-state index in [4.69, 9.17) is 9.47 Å². The fraction of sp³-hybridized carbons (Fsp3) is 0.588. The molecule has 1 aromatic carbocycles. The Bertz CT molecular complexity index is 529. The molecule has 2 bridgehead atoms. The molecule has 1 amide bonds. The summed E-state index contributed by atoms with van der Waals surface area (Å²) in [6.45, 7) is 0. The molecule has 0 unspecified atom stereocenters. The third-order valence-corrected chi connectivity index (χ3v) is 5.01. The Labute approximate surface area is 125 Å². The van der Waals surface area contributed by atoms with Crippen molar-refractivity contribution < 1.29 is 14.3 Å². The van der Waals surface area contributed by atoms with Crippen LogP contribution in [-0.4, -0.2) is 20.1 Å². The summed E-state index contributed by atoms with van der Waals surface area (Å²) in [5.74, 6) is 3.68. The highest BCUT2D eigenvalue weighted by Crippen LogP contribution is 2.49. The van der Waals surface area contributed by atoms with Crippen LogP contribution in [0.3, 0.4) is 0 Å². The van der Waals surface area contributed by atoms with Crippen LogP contribution in [0.1, 0.15) is 32.1 Å². The van der Waals surface area contributed by atoms with Gasteiger partial charge in [-0.15, -0.1) is 0 Å². The van der Waals surface area contributed by atoms with Gasteiger partial charge in [0.25, 0.3) is 0 Å². The summed E-state index contributed by atoms with van der Waals surface area (Å²) in [5.41, 5.74) is 0.685. The van der Waals surface area contributed by atoms with E-state index in [2.05, 4.69) is 5.32 Å². The van der Waals surface area contributed by atoms with E-state index in [9.17, 15) is 4.79 Å². The Kier molecular flexibility index (Phi) is 4.04. The Hall–Kier alpha value is -1.71. The van der Waals surface area contributed by atoms with Gasteiger partial charge in [-0.05, 0) is 49.1 Å². The topological polar surface area (TPSA) is 47.6 Å². The van der Waals surface area contributed by atoms with Crippen LogP contribution in [0.2, 0.25) is 0 Å². The van der Waals surface area contributed by atoms with Gasteiger partial charge in [0.1, 0.15) is 11.5 Å². The predicted octanol–water partition coefficient (Wildman–Crippen LogP) is 3.47. The highest BCUT2D eigenvalue weighted by molar-refractivity contribution is 5.92. The van der Waals surface area contributed by atoms with Crippen LogP contribution >= 0.6 is 0 Å². The monoisotopic (exact) mass is 289 g/mol. The molecule has 0 radical (unpaired) electrons. The molecule has 4 nitrogen and oxygen atoms in total. The van der Waals surface area contributed by atoms with Gasteiger partial charge in [-0.3, -0.25) is 4.79 Å². The molecule has 21 heavy (non-hydrogen) atoms. The lowest BCUT2D eigenvalue weighted by Crippen LogP contribution is -2.20. The van der Waals surface area contributed by atoms with E-state index >= 15 is 0 Å². The Morgan fingerprint density at radius 2 is 2.10 bits per heavy atom. The third-order valence-electron chi connectivity index (χ3n) is 5.01. The van der Waals surface area contributed by atoms with E-state index < -0.39 is 0 Å². The Morgan fingerprint density at radius 1 is 1.24 bits per heavy atom. The van der Waals surface area contributed by atoms with Gasteiger partial charge in [-0.2, -0.15) is 0 Å². The van der Waals surface area contributed by atoms with Crippen LogP contribution in [0.25, 0.3) is 0 Å². The number of nitrogens with one attached hydrogen (secondary N) is 1. The molecule has 3 atom stereocenters. The number of anilines is 1. The summed E-state index contributed by atoms with van der Waals surface area (Å²) >= 11 is 0. The first kappa shape index (κ1) is 14.2. The number of ether oxygens (including phenoxy) is 2. The van der Waals surface area contributed by atoms with Gasteiger partial charge in [0.15, 0.2) is 0 Å². The molecule has 2 saturated carbocycles. The summed E-state index contributed by atoms with van der Waals surface area (Å²) in [6.07, 6.45) is 5.87. The third kappa shape index (κ3) is 2.99. The molecular weight excluding hydrogens is 266 g/mol. The lowest BCUT2D eigenvalue weighted by atomic mass is 9.86. The van der Waals surface area contributed by atoms with Crippen LogP contribution in [0.5, 0.6) is 11.5 Å². The number of benzene rings is 1. The average molecular weight is 289 g/mol. The minimum Gasteiger partial charge on any atom is -0.497 e. The van der Waals surface area contributed by atoms with E-state index in [1.807, 2.05) is 12.1 Å². The molecule has 1 aromatic rings. The van der Waals surface area contributed by atoms with Crippen molar-refractivity contribution in [3.8, 4) is 11.5 Å². The van der Waals surface area contributed by atoms with E-state index in [0.29, 0.717) is 29.5 Å². The van der Waals surface area contributed by atoms with E-state index in [1.54, 1.807) is 20.3 Å². The number of hydrogen-bond donors (Lipinski definition) is 1. The molecule has 0 aliphatic heterocycles. The molecule has 0 aromatic heterocycles. The highest BCUT2D eigenvalue weighted by Gasteiger charge is 2.40.